The SMILES string of the molecule is C[C@@H]1[C@H](O)C[C@H]2CCC(=O)N21. The highest BCUT2D eigenvalue weighted by atomic mass is 16.3. The number of aliphatic hydroxyl groups excluding tert-OH is 1. The third-order valence-electron chi connectivity index (χ3n) is 2.88. The maximum Gasteiger partial charge on any atom is 0.223 e. The molecule has 0 radical (unpaired) electrons. The van der Waals surface area contributed by atoms with Crippen LogP contribution in [0.15, 0.2) is 0 Å². The standard InChI is InChI=1S/C8H13NO2/c1-5-7(10)4-6-2-3-8(11)9(5)6/h5-7,10H,2-4H2,1H3/t5-,6-,7-/m1/s1. The molecular weight excluding hydrogens is 142 g/mol. The van der Waals surface area contributed by atoms with E-state index in [4.69, 9.17) is 0 Å². The molecule has 0 unspecified atom stereocenters. The summed E-state index contributed by atoms with van der Waals surface area (Å²) in [6, 6.07) is 0.391. The first-order chi connectivity index (χ1) is 5.20. The van der Waals surface area contributed by atoms with E-state index in [2.05, 4.69) is 0 Å². The highest BCUT2D eigenvalue weighted by molar-refractivity contribution is 5.79. The van der Waals surface area contributed by atoms with Crippen molar-refractivity contribution in [2.45, 2.75) is 44.4 Å². The molecule has 2 rings (SSSR count). The van der Waals surface area contributed by atoms with Gasteiger partial charge in [-0.25, -0.2) is 0 Å². The number of aliphatic hydroxyl groups is 1. The van der Waals surface area contributed by atoms with Crippen molar-refractivity contribution in [2.24, 2.45) is 0 Å². The highest BCUT2D eigenvalue weighted by Crippen LogP contribution is 2.33. The number of fused-ring (bicyclic) bond motifs is 1. The van der Waals surface area contributed by atoms with Crippen molar-refractivity contribution < 1.29 is 9.90 Å². The van der Waals surface area contributed by atoms with Gasteiger partial charge in [-0.15, -0.1) is 0 Å². The molecular formula is C8H13NO2. The molecule has 0 aromatic heterocycles. The molecule has 2 fully saturated rings. The summed E-state index contributed by atoms with van der Waals surface area (Å²) in [4.78, 5) is 13.1. The highest BCUT2D eigenvalue weighted by Gasteiger charge is 2.43. The molecule has 3 nitrogen and oxygen atoms in total. The van der Waals surface area contributed by atoms with Gasteiger partial charge in [0.2, 0.25) is 5.91 Å². The van der Waals surface area contributed by atoms with Crippen molar-refractivity contribution in [1.29, 1.82) is 0 Å². The monoisotopic (exact) mass is 155 g/mol. The van der Waals surface area contributed by atoms with E-state index in [9.17, 15) is 9.90 Å². The number of hydrogen-bond donors (Lipinski definition) is 1. The van der Waals surface area contributed by atoms with Crippen LogP contribution in [0.1, 0.15) is 26.2 Å². The van der Waals surface area contributed by atoms with E-state index < -0.39 is 0 Å². The molecule has 0 spiro atoms. The zero-order valence-corrected chi connectivity index (χ0v) is 6.66. The van der Waals surface area contributed by atoms with Gasteiger partial charge in [0.15, 0.2) is 0 Å². The first-order valence-corrected chi connectivity index (χ1v) is 4.19. The molecule has 0 aliphatic carbocycles. The second-order valence-corrected chi connectivity index (χ2v) is 3.54. The van der Waals surface area contributed by atoms with Gasteiger partial charge < -0.3 is 10.0 Å². The van der Waals surface area contributed by atoms with Crippen LogP contribution < -0.4 is 0 Å². The van der Waals surface area contributed by atoms with Gasteiger partial charge in [0.05, 0.1) is 12.1 Å². The molecule has 62 valence electrons. The second-order valence-electron chi connectivity index (χ2n) is 3.54. The van der Waals surface area contributed by atoms with Gasteiger partial charge in [0.25, 0.3) is 0 Å². The fourth-order valence-electron chi connectivity index (χ4n) is 2.21. The van der Waals surface area contributed by atoms with Crippen LogP contribution in [0.4, 0.5) is 0 Å². The van der Waals surface area contributed by atoms with Crippen LogP contribution in [0.3, 0.4) is 0 Å². The average Bonchev–Trinajstić information content (AvgIpc) is 2.41. The summed E-state index contributed by atoms with van der Waals surface area (Å²) in [5, 5.41) is 9.43. The molecule has 3 heteroatoms. The van der Waals surface area contributed by atoms with E-state index >= 15 is 0 Å². The normalized spacial score (nSPS) is 43.3. The Labute approximate surface area is 66.0 Å². The van der Waals surface area contributed by atoms with Crippen molar-refractivity contribution in [1.82, 2.24) is 4.90 Å². The van der Waals surface area contributed by atoms with E-state index in [0.29, 0.717) is 12.5 Å². The molecule has 2 heterocycles. The molecule has 2 aliphatic heterocycles. The molecule has 1 N–H and O–H groups in total. The van der Waals surface area contributed by atoms with Crippen molar-refractivity contribution in [3.05, 3.63) is 0 Å². The van der Waals surface area contributed by atoms with Crippen LogP contribution >= 0.6 is 0 Å². The first-order valence-electron chi connectivity index (χ1n) is 4.19. The van der Waals surface area contributed by atoms with E-state index in [0.717, 1.165) is 12.8 Å². The minimum Gasteiger partial charge on any atom is -0.391 e. The maximum absolute atomic E-state index is 11.2. The van der Waals surface area contributed by atoms with Crippen molar-refractivity contribution in [2.75, 3.05) is 0 Å². The van der Waals surface area contributed by atoms with E-state index in [1.807, 2.05) is 11.8 Å². The fourth-order valence-corrected chi connectivity index (χ4v) is 2.21. The largest absolute Gasteiger partial charge is 0.391 e. The minimum absolute atomic E-state index is 0.0509. The van der Waals surface area contributed by atoms with Gasteiger partial charge in [0, 0.05) is 12.5 Å². The number of carbonyl (C=O) groups excluding carboxylic acids is 1. The van der Waals surface area contributed by atoms with E-state index in [1.54, 1.807) is 0 Å². The predicted molar refractivity (Wildman–Crippen MR) is 40.0 cm³/mol. The van der Waals surface area contributed by atoms with Gasteiger partial charge in [-0.1, -0.05) is 0 Å². The lowest BCUT2D eigenvalue weighted by atomic mass is 10.1. The summed E-state index contributed by atoms with van der Waals surface area (Å²) >= 11 is 0. The smallest absolute Gasteiger partial charge is 0.223 e. The molecule has 0 aromatic carbocycles. The molecule has 2 aliphatic rings. The Morgan fingerprint density at radius 2 is 2.36 bits per heavy atom. The van der Waals surface area contributed by atoms with Gasteiger partial charge >= 0.3 is 0 Å². The van der Waals surface area contributed by atoms with Gasteiger partial charge in [-0.3, -0.25) is 4.79 Å². The summed E-state index contributed by atoms with van der Waals surface area (Å²) in [5.74, 6) is 0.221. The summed E-state index contributed by atoms with van der Waals surface area (Å²) < 4.78 is 0. The number of hydrogen-bond acceptors (Lipinski definition) is 2. The van der Waals surface area contributed by atoms with Crippen LogP contribution in [0.25, 0.3) is 0 Å². The molecule has 0 bridgehead atoms. The average molecular weight is 155 g/mol. The van der Waals surface area contributed by atoms with E-state index in [1.165, 1.54) is 0 Å². The quantitative estimate of drug-likeness (QED) is 0.540. The lowest BCUT2D eigenvalue weighted by Gasteiger charge is -2.21. The van der Waals surface area contributed by atoms with Crippen LogP contribution in [0.5, 0.6) is 0 Å². The molecule has 2 saturated heterocycles. The summed E-state index contributed by atoms with van der Waals surface area (Å²) in [6.45, 7) is 1.92. The van der Waals surface area contributed by atoms with Crippen molar-refractivity contribution in [3.8, 4) is 0 Å². The summed E-state index contributed by atoms with van der Waals surface area (Å²) in [5.41, 5.74) is 0. The molecule has 0 saturated carbocycles. The molecule has 0 aromatic rings. The number of amides is 1. The third kappa shape index (κ3) is 0.872. The Hall–Kier alpha value is -0.570. The summed E-state index contributed by atoms with van der Waals surface area (Å²) in [6.07, 6.45) is 2.12. The topological polar surface area (TPSA) is 40.5 Å². The van der Waals surface area contributed by atoms with E-state index in [-0.39, 0.29) is 18.1 Å². The zero-order chi connectivity index (χ0) is 8.01. The molecule has 1 amide bonds. The predicted octanol–water partition coefficient (Wildman–Crippen LogP) is 0.130. The second kappa shape index (κ2) is 2.21. The number of nitrogens with zero attached hydrogens (tertiary/aromatic N) is 1. The van der Waals surface area contributed by atoms with Gasteiger partial charge in [-0.2, -0.15) is 0 Å². The Balaban J connectivity index is 2.20. The third-order valence-corrected chi connectivity index (χ3v) is 2.88. The summed E-state index contributed by atoms with van der Waals surface area (Å²) in [7, 11) is 0. The van der Waals surface area contributed by atoms with Gasteiger partial charge in [0.1, 0.15) is 0 Å². The Kier molecular flexibility index (Phi) is 1.42. The molecule has 11 heavy (non-hydrogen) atoms. The number of carbonyl (C=O) groups is 1. The Bertz CT molecular complexity index is 191. The van der Waals surface area contributed by atoms with Crippen molar-refractivity contribution >= 4 is 5.91 Å². The van der Waals surface area contributed by atoms with Gasteiger partial charge in [-0.05, 0) is 19.8 Å². The van der Waals surface area contributed by atoms with Crippen LogP contribution in [0.2, 0.25) is 0 Å². The first kappa shape index (κ1) is 7.10. The fraction of sp³-hybridized carbons (Fsp3) is 0.875. The maximum atomic E-state index is 11.2. The number of rotatable bonds is 0. The lowest BCUT2D eigenvalue weighted by Crippen LogP contribution is -2.36. The van der Waals surface area contributed by atoms with Crippen LogP contribution in [0, 0.1) is 0 Å². The Morgan fingerprint density at radius 3 is 3.00 bits per heavy atom. The molecule has 3 atom stereocenters. The van der Waals surface area contributed by atoms with Crippen LogP contribution in [-0.4, -0.2) is 34.1 Å². The minimum atomic E-state index is -0.288. The lowest BCUT2D eigenvalue weighted by molar-refractivity contribution is -0.130. The Morgan fingerprint density at radius 1 is 1.64 bits per heavy atom. The van der Waals surface area contributed by atoms with Crippen LogP contribution in [-0.2, 0) is 4.79 Å². The van der Waals surface area contributed by atoms with Crippen molar-refractivity contribution in [3.63, 3.8) is 0 Å². The zero-order valence-electron chi connectivity index (χ0n) is 6.66.